The number of carbonyl (C=O) groups excluding carboxylic acids is 1. The molecule has 1 N–H and O–H groups in total. The number of carbonyl (C=O) groups is 1. The summed E-state index contributed by atoms with van der Waals surface area (Å²) in [6.07, 6.45) is 2.14. The van der Waals surface area contributed by atoms with Crippen LogP contribution in [0.5, 0.6) is 11.5 Å². The van der Waals surface area contributed by atoms with Crippen LogP contribution in [0.3, 0.4) is 0 Å². The van der Waals surface area contributed by atoms with Crippen molar-refractivity contribution in [2.24, 2.45) is 0 Å². The van der Waals surface area contributed by atoms with Crippen LogP contribution in [-0.2, 0) is 11.2 Å². The highest BCUT2D eigenvalue weighted by molar-refractivity contribution is 5.92. The third kappa shape index (κ3) is 4.74. The largest absolute Gasteiger partial charge is 0.496 e. The minimum Gasteiger partial charge on any atom is -0.496 e. The number of amides is 1. The first kappa shape index (κ1) is 16.9. The number of ether oxygens (including phenoxy) is 2. The fourth-order valence-corrected chi connectivity index (χ4v) is 2.51. The van der Waals surface area contributed by atoms with E-state index in [1.807, 2.05) is 43.3 Å². The normalized spacial score (nSPS) is 10.2. The Kier molecular flexibility index (Phi) is 6.03. The summed E-state index contributed by atoms with van der Waals surface area (Å²) >= 11 is 0. The molecule has 0 heterocycles. The van der Waals surface area contributed by atoms with Gasteiger partial charge in [0.1, 0.15) is 11.5 Å². The van der Waals surface area contributed by atoms with Gasteiger partial charge in [-0.05, 0) is 49.1 Å². The Morgan fingerprint density at radius 2 is 1.78 bits per heavy atom. The Morgan fingerprint density at radius 3 is 2.48 bits per heavy atom. The topological polar surface area (TPSA) is 47.6 Å². The summed E-state index contributed by atoms with van der Waals surface area (Å²) in [6, 6.07) is 13.5. The van der Waals surface area contributed by atoms with Crippen LogP contribution in [0.25, 0.3) is 0 Å². The van der Waals surface area contributed by atoms with Crippen molar-refractivity contribution in [3.05, 3.63) is 53.6 Å². The van der Waals surface area contributed by atoms with E-state index in [-0.39, 0.29) is 5.91 Å². The number of methoxy groups -OCH3 is 2. The van der Waals surface area contributed by atoms with Crippen LogP contribution in [0, 0.1) is 6.92 Å². The second-order valence-corrected chi connectivity index (χ2v) is 5.41. The summed E-state index contributed by atoms with van der Waals surface area (Å²) in [4.78, 5) is 12.1. The zero-order valence-electron chi connectivity index (χ0n) is 13.9. The average Bonchev–Trinajstić information content (AvgIpc) is 2.55. The highest BCUT2D eigenvalue weighted by Gasteiger charge is 2.07. The van der Waals surface area contributed by atoms with Crippen LogP contribution >= 0.6 is 0 Å². The Hall–Kier alpha value is -2.49. The van der Waals surface area contributed by atoms with Crippen LogP contribution in [0.2, 0.25) is 0 Å². The number of para-hydroxylation sites is 2. The second-order valence-electron chi connectivity index (χ2n) is 5.41. The Bertz CT molecular complexity index is 667. The molecule has 0 fully saturated rings. The predicted molar refractivity (Wildman–Crippen MR) is 92.3 cm³/mol. The minimum atomic E-state index is -0.000247. The maximum Gasteiger partial charge on any atom is 0.224 e. The van der Waals surface area contributed by atoms with E-state index in [0.717, 1.165) is 24.2 Å². The van der Waals surface area contributed by atoms with Gasteiger partial charge in [0.2, 0.25) is 5.91 Å². The van der Waals surface area contributed by atoms with E-state index in [1.165, 1.54) is 5.56 Å². The van der Waals surface area contributed by atoms with E-state index in [9.17, 15) is 4.79 Å². The van der Waals surface area contributed by atoms with Crippen LogP contribution < -0.4 is 14.8 Å². The van der Waals surface area contributed by atoms with Crippen molar-refractivity contribution in [3.8, 4) is 11.5 Å². The van der Waals surface area contributed by atoms with Crippen molar-refractivity contribution in [2.75, 3.05) is 19.5 Å². The number of hydrogen-bond acceptors (Lipinski definition) is 3. The van der Waals surface area contributed by atoms with Crippen molar-refractivity contribution in [1.82, 2.24) is 0 Å². The lowest BCUT2D eigenvalue weighted by Crippen LogP contribution is -2.12. The monoisotopic (exact) mass is 313 g/mol. The summed E-state index contributed by atoms with van der Waals surface area (Å²) in [6.45, 7) is 2.02. The first-order valence-corrected chi connectivity index (χ1v) is 7.70. The van der Waals surface area contributed by atoms with Gasteiger partial charge < -0.3 is 14.8 Å². The zero-order chi connectivity index (χ0) is 16.7. The number of aryl methyl sites for hydroxylation is 2. The molecule has 2 rings (SSSR count). The van der Waals surface area contributed by atoms with Crippen LogP contribution in [0.15, 0.2) is 42.5 Å². The van der Waals surface area contributed by atoms with Crippen molar-refractivity contribution in [3.63, 3.8) is 0 Å². The molecule has 122 valence electrons. The fraction of sp³-hybridized carbons (Fsp3) is 0.316. The molecule has 0 unspecified atom stereocenters. The number of benzene rings is 2. The summed E-state index contributed by atoms with van der Waals surface area (Å²) in [5.41, 5.74) is 3.04. The molecule has 0 saturated carbocycles. The van der Waals surface area contributed by atoms with Gasteiger partial charge in [-0.3, -0.25) is 4.79 Å². The lowest BCUT2D eigenvalue weighted by molar-refractivity contribution is -0.116. The van der Waals surface area contributed by atoms with Crippen molar-refractivity contribution < 1.29 is 14.3 Å². The molecule has 4 heteroatoms. The molecule has 0 radical (unpaired) electrons. The van der Waals surface area contributed by atoms with Crippen molar-refractivity contribution in [1.29, 1.82) is 0 Å². The van der Waals surface area contributed by atoms with Crippen molar-refractivity contribution >= 4 is 11.6 Å². The van der Waals surface area contributed by atoms with Gasteiger partial charge in [0.05, 0.1) is 19.9 Å². The van der Waals surface area contributed by atoms with Gasteiger partial charge in [0.25, 0.3) is 0 Å². The molecule has 0 bridgehead atoms. The van der Waals surface area contributed by atoms with Gasteiger partial charge >= 0.3 is 0 Å². The smallest absolute Gasteiger partial charge is 0.224 e. The third-order valence-electron chi connectivity index (χ3n) is 3.71. The van der Waals surface area contributed by atoms with E-state index in [4.69, 9.17) is 9.47 Å². The standard InChI is InChI=1S/C19H23NO3/c1-14-13-15(11-12-17(14)22-2)7-6-10-19(21)20-16-8-4-5-9-18(16)23-3/h4-5,8-9,11-13H,6-7,10H2,1-3H3,(H,20,21). The lowest BCUT2D eigenvalue weighted by atomic mass is 10.0. The molecule has 0 aliphatic rings. The second kappa shape index (κ2) is 8.22. The molecular weight excluding hydrogens is 290 g/mol. The molecule has 23 heavy (non-hydrogen) atoms. The predicted octanol–water partition coefficient (Wildman–Crippen LogP) is 3.97. The van der Waals surface area contributed by atoms with Gasteiger partial charge in [-0.25, -0.2) is 0 Å². The highest BCUT2D eigenvalue weighted by atomic mass is 16.5. The van der Waals surface area contributed by atoms with Crippen molar-refractivity contribution in [2.45, 2.75) is 26.2 Å². The quantitative estimate of drug-likeness (QED) is 0.841. The van der Waals surface area contributed by atoms with E-state index < -0.39 is 0 Å². The maximum absolute atomic E-state index is 12.1. The molecule has 0 aliphatic heterocycles. The molecule has 0 aliphatic carbocycles. The van der Waals surface area contributed by atoms with E-state index in [1.54, 1.807) is 14.2 Å². The molecule has 1 amide bonds. The van der Waals surface area contributed by atoms with Gasteiger partial charge in [-0.2, -0.15) is 0 Å². The molecular formula is C19H23NO3. The fourth-order valence-electron chi connectivity index (χ4n) is 2.51. The summed E-state index contributed by atoms with van der Waals surface area (Å²) in [7, 11) is 3.27. The minimum absolute atomic E-state index is 0.000247. The average molecular weight is 313 g/mol. The molecule has 2 aromatic rings. The molecule has 2 aromatic carbocycles. The van der Waals surface area contributed by atoms with Gasteiger partial charge in [-0.1, -0.05) is 24.3 Å². The first-order valence-electron chi connectivity index (χ1n) is 7.70. The third-order valence-corrected chi connectivity index (χ3v) is 3.71. The highest BCUT2D eigenvalue weighted by Crippen LogP contribution is 2.23. The Balaban J connectivity index is 1.84. The van der Waals surface area contributed by atoms with E-state index in [0.29, 0.717) is 17.9 Å². The molecule has 0 aromatic heterocycles. The summed E-state index contributed by atoms with van der Waals surface area (Å²) in [5, 5.41) is 2.89. The number of nitrogens with one attached hydrogen (secondary N) is 1. The number of anilines is 1. The SMILES string of the molecule is COc1ccc(CCCC(=O)Nc2ccccc2OC)cc1C. The Morgan fingerprint density at radius 1 is 1.04 bits per heavy atom. The molecule has 0 atom stereocenters. The molecule has 0 spiro atoms. The zero-order valence-corrected chi connectivity index (χ0v) is 13.9. The number of hydrogen-bond donors (Lipinski definition) is 1. The van der Waals surface area contributed by atoms with E-state index in [2.05, 4.69) is 11.4 Å². The van der Waals surface area contributed by atoms with Gasteiger partial charge in [-0.15, -0.1) is 0 Å². The Labute approximate surface area is 137 Å². The number of rotatable bonds is 7. The maximum atomic E-state index is 12.1. The van der Waals surface area contributed by atoms with E-state index >= 15 is 0 Å². The molecule has 0 saturated heterocycles. The summed E-state index contributed by atoms with van der Waals surface area (Å²) in [5.74, 6) is 1.56. The van der Waals surface area contributed by atoms with Crippen LogP contribution in [0.4, 0.5) is 5.69 Å². The van der Waals surface area contributed by atoms with Crippen LogP contribution in [-0.4, -0.2) is 20.1 Å². The first-order chi connectivity index (χ1) is 11.1. The molecule has 4 nitrogen and oxygen atoms in total. The summed E-state index contributed by atoms with van der Waals surface area (Å²) < 4.78 is 10.5. The van der Waals surface area contributed by atoms with Gasteiger partial charge in [0, 0.05) is 6.42 Å². The van der Waals surface area contributed by atoms with Crippen LogP contribution in [0.1, 0.15) is 24.0 Å². The van der Waals surface area contributed by atoms with Gasteiger partial charge in [0.15, 0.2) is 0 Å². The lowest BCUT2D eigenvalue weighted by Gasteiger charge is -2.10.